The van der Waals surface area contributed by atoms with Gasteiger partial charge in [0.15, 0.2) is 0 Å². The van der Waals surface area contributed by atoms with E-state index in [1.165, 1.54) is 0 Å². The number of rotatable bonds is 8. The molecule has 1 fully saturated rings. The Morgan fingerprint density at radius 3 is 2.71 bits per heavy atom. The summed E-state index contributed by atoms with van der Waals surface area (Å²) < 4.78 is 10.8. The molecule has 1 aliphatic heterocycles. The average Bonchev–Trinajstić information content (AvgIpc) is 2.20. The standard InChI is InChI=1S/C12H24N2O3/c1-4-5-14-12(3,11(13)15)6-9(2)17-10-7-16-8-10/h9-10,14H,4-8H2,1-3H3,(H2,13,15). The molecule has 17 heavy (non-hydrogen) atoms. The molecule has 1 aliphatic rings. The fourth-order valence-electron chi connectivity index (χ4n) is 1.90. The lowest BCUT2D eigenvalue weighted by atomic mass is 9.93. The fourth-order valence-corrected chi connectivity index (χ4v) is 1.90. The first-order chi connectivity index (χ1) is 7.98. The molecule has 2 atom stereocenters. The largest absolute Gasteiger partial charge is 0.376 e. The van der Waals surface area contributed by atoms with Crippen LogP contribution in [0.2, 0.25) is 0 Å². The van der Waals surface area contributed by atoms with E-state index in [1.807, 2.05) is 13.8 Å². The third-order valence-corrected chi connectivity index (χ3v) is 3.04. The second-order valence-electron chi connectivity index (χ2n) is 4.93. The van der Waals surface area contributed by atoms with Crippen LogP contribution in [-0.4, -0.2) is 43.4 Å². The zero-order valence-corrected chi connectivity index (χ0v) is 11.0. The smallest absolute Gasteiger partial charge is 0.237 e. The lowest BCUT2D eigenvalue weighted by molar-refractivity contribution is -0.156. The van der Waals surface area contributed by atoms with E-state index in [4.69, 9.17) is 15.2 Å². The molecule has 1 amide bonds. The Morgan fingerprint density at radius 1 is 1.65 bits per heavy atom. The minimum Gasteiger partial charge on any atom is -0.376 e. The fraction of sp³-hybridized carbons (Fsp3) is 0.917. The van der Waals surface area contributed by atoms with Gasteiger partial charge in [-0.05, 0) is 26.8 Å². The van der Waals surface area contributed by atoms with Crippen molar-refractivity contribution >= 4 is 5.91 Å². The number of hydrogen-bond donors (Lipinski definition) is 2. The highest BCUT2D eigenvalue weighted by Crippen LogP contribution is 2.18. The first-order valence-electron chi connectivity index (χ1n) is 6.26. The maximum absolute atomic E-state index is 11.5. The van der Waals surface area contributed by atoms with Crippen molar-refractivity contribution in [3.63, 3.8) is 0 Å². The van der Waals surface area contributed by atoms with Gasteiger partial charge in [0.2, 0.25) is 5.91 Å². The third-order valence-electron chi connectivity index (χ3n) is 3.04. The highest BCUT2D eigenvalue weighted by molar-refractivity contribution is 5.84. The summed E-state index contributed by atoms with van der Waals surface area (Å²) in [5.74, 6) is -0.328. The van der Waals surface area contributed by atoms with Crippen molar-refractivity contribution in [1.29, 1.82) is 0 Å². The first kappa shape index (κ1) is 14.4. The van der Waals surface area contributed by atoms with Crippen molar-refractivity contribution < 1.29 is 14.3 Å². The predicted molar refractivity (Wildman–Crippen MR) is 65.7 cm³/mol. The topological polar surface area (TPSA) is 73.6 Å². The molecule has 5 heteroatoms. The Balaban J connectivity index is 2.43. The number of nitrogens with two attached hydrogens (primary N) is 1. The summed E-state index contributed by atoms with van der Waals surface area (Å²) in [7, 11) is 0. The number of hydrogen-bond acceptors (Lipinski definition) is 4. The first-order valence-corrected chi connectivity index (χ1v) is 6.26. The summed E-state index contributed by atoms with van der Waals surface area (Å²) in [5.41, 5.74) is 4.76. The molecule has 100 valence electrons. The van der Waals surface area contributed by atoms with Gasteiger partial charge in [0.05, 0.1) is 24.9 Å². The number of carbonyl (C=O) groups is 1. The SMILES string of the molecule is CCCNC(C)(CC(C)OC1COC1)C(N)=O. The molecule has 0 spiro atoms. The molecular formula is C12H24N2O3. The molecule has 1 saturated heterocycles. The van der Waals surface area contributed by atoms with Crippen LogP contribution in [0.25, 0.3) is 0 Å². The maximum Gasteiger partial charge on any atom is 0.237 e. The lowest BCUT2D eigenvalue weighted by Gasteiger charge is -2.34. The van der Waals surface area contributed by atoms with Crippen molar-refractivity contribution in [2.45, 2.75) is 51.4 Å². The van der Waals surface area contributed by atoms with Crippen LogP contribution in [0.1, 0.15) is 33.6 Å². The molecule has 2 unspecified atom stereocenters. The van der Waals surface area contributed by atoms with Gasteiger partial charge in [-0.1, -0.05) is 6.92 Å². The van der Waals surface area contributed by atoms with Crippen LogP contribution in [0.3, 0.4) is 0 Å². The van der Waals surface area contributed by atoms with Crippen molar-refractivity contribution in [2.75, 3.05) is 19.8 Å². The van der Waals surface area contributed by atoms with Crippen LogP contribution < -0.4 is 11.1 Å². The second kappa shape index (κ2) is 6.33. The van der Waals surface area contributed by atoms with Crippen molar-refractivity contribution in [3.05, 3.63) is 0 Å². The third kappa shape index (κ3) is 4.26. The van der Waals surface area contributed by atoms with Gasteiger partial charge in [0.1, 0.15) is 6.10 Å². The molecule has 0 aromatic carbocycles. The van der Waals surface area contributed by atoms with Gasteiger partial charge in [-0.25, -0.2) is 0 Å². The van der Waals surface area contributed by atoms with E-state index < -0.39 is 5.54 Å². The minimum absolute atomic E-state index is 0.00856. The zero-order chi connectivity index (χ0) is 12.9. The number of primary amides is 1. The molecule has 0 aromatic heterocycles. The van der Waals surface area contributed by atoms with Crippen LogP contribution in [0.15, 0.2) is 0 Å². The van der Waals surface area contributed by atoms with Crippen LogP contribution >= 0.6 is 0 Å². The van der Waals surface area contributed by atoms with Gasteiger partial charge in [0.25, 0.3) is 0 Å². The monoisotopic (exact) mass is 244 g/mol. The van der Waals surface area contributed by atoms with Gasteiger partial charge in [-0.15, -0.1) is 0 Å². The molecule has 1 heterocycles. The summed E-state index contributed by atoms with van der Waals surface area (Å²) in [6.07, 6.45) is 1.71. The van der Waals surface area contributed by atoms with E-state index in [-0.39, 0.29) is 18.1 Å². The van der Waals surface area contributed by atoms with Crippen molar-refractivity contribution in [1.82, 2.24) is 5.32 Å². The second-order valence-corrected chi connectivity index (χ2v) is 4.93. The Hall–Kier alpha value is -0.650. The number of amides is 1. The highest BCUT2D eigenvalue weighted by atomic mass is 16.6. The number of nitrogens with one attached hydrogen (secondary N) is 1. The summed E-state index contributed by atoms with van der Waals surface area (Å²) in [6, 6.07) is 0. The zero-order valence-electron chi connectivity index (χ0n) is 11.0. The highest BCUT2D eigenvalue weighted by Gasteiger charge is 2.33. The van der Waals surface area contributed by atoms with Gasteiger partial charge >= 0.3 is 0 Å². The molecule has 0 aromatic rings. The molecule has 0 aliphatic carbocycles. The van der Waals surface area contributed by atoms with Gasteiger partial charge in [0, 0.05) is 6.42 Å². The van der Waals surface area contributed by atoms with Gasteiger partial charge in [-0.3, -0.25) is 4.79 Å². The van der Waals surface area contributed by atoms with E-state index in [2.05, 4.69) is 12.2 Å². The van der Waals surface area contributed by atoms with Crippen molar-refractivity contribution in [3.8, 4) is 0 Å². The van der Waals surface area contributed by atoms with Gasteiger partial charge < -0.3 is 20.5 Å². The van der Waals surface area contributed by atoms with Crippen LogP contribution in [0.5, 0.6) is 0 Å². The van der Waals surface area contributed by atoms with E-state index >= 15 is 0 Å². The normalized spacial score (nSPS) is 21.6. The van der Waals surface area contributed by atoms with E-state index in [1.54, 1.807) is 0 Å². The van der Waals surface area contributed by atoms with Crippen LogP contribution in [0.4, 0.5) is 0 Å². The maximum atomic E-state index is 11.5. The Kier molecular flexibility index (Phi) is 5.36. The predicted octanol–water partition coefficient (Wildman–Crippen LogP) is 0.424. The summed E-state index contributed by atoms with van der Waals surface area (Å²) in [5, 5.41) is 3.20. The Morgan fingerprint density at radius 2 is 2.29 bits per heavy atom. The number of carbonyl (C=O) groups excluding carboxylic acids is 1. The van der Waals surface area contributed by atoms with Gasteiger partial charge in [-0.2, -0.15) is 0 Å². The number of ether oxygens (including phenoxy) is 2. The van der Waals surface area contributed by atoms with E-state index in [0.717, 1.165) is 13.0 Å². The molecular weight excluding hydrogens is 220 g/mol. The Labute approximate surface area is 103 Å². The molecule has 0 radical (unpaired) electrons. The average molecular weight is 244 g/mol. The summed E-state index contributed by atoms with van der Waals surface area (Å²) >= 11 is 0. The van der Waals surface area contributed by atoms with Crippen LogP contribution in [0, 0.1) is 0 Å². The van der Waals surface area contributed by atoms with Crippen molar-refractivity contribution in [2.24, 2.45) is 5.73 Å². The summed E-state index contributed by atoms with van der Waals surface area (Å²) in [4.78, 5) is 11.5. The van der Waals surface area contributed by atoms with E-state index in [9.17, 15) is 4.79 Å². The van der Waals surface area contributed by atoms with E-state index in [0.29, 0.717) is 19.6 Å². The molecule has 3 N–H and O–H groups in total. The summed E-state index contributed by atoms with van der Waals surface area (Å²) in [6.45, 7) is 7.94. The minimum atomic E-state index is -0.694. The molecule has 0 bridgehead atoms. The molecule has 1 rings (SSSR count). The Bertz CT molecular complexity index is 256. The molecule has 0 saturated carbocycles. The molecule has 5 nitrogen and oxygen atoms in total. The quantitative estimate of drug-likeness (QED) is 0.649. The lowest BCUT2D eigenvalue weighted by Crippen LogP contribution is -2.55. The van der Waals surface area contributed by atoms with Crippen LogP contribution in [-0.2, 0) is 14.3 Å².